The molecule has 4 nitrogen and oxygen atoms in total. The van der Waals surface area contributed by atoms with Gasteiger partial charge in [0, 0.05) is 16.1 Å². The minimum atomic E-state index is -0.571. The molecule has 0 heterocycles. The standard InChI is InChI=1S/C9H7Cl2NO3/c1-6(10)5-15-9-3-2-7(11)4-8(9)12(13)14/h2-4H,1,5H2. The zero-order chi connectivity index (χ0) is 11.4. The molecule has 0 aliphatic heterocycles. The number of hydrogen-bond donors (Lipinski definition) is 0. The van der Waals surface area contributed by atoms with Gasteiger partial charge in [-0.3, -0.25) is 10.1 Å². The Labute approximate surface area is 96.2 Å². The van der Waals surface area contributed by atoms with Crippen LogP contribution in [-0.2, 0) is 0 Å². The second kappa shape index (κ2) is 5.00. The molecule has 0 fully saturated rings. The van der Waals surface area contributed by atoms with E-state index in [9.17, 15) is 10.1 Å². The summed E-state index contributed by atoms with van der Waals surface area (Å²) in [5.74, 6) is 0.117. The summed E-state index contributed by atoms with van der Waals surface area (Å²) in [6.07, 6.45) is 0. The Hall–Kier alpha value is -1.26. The molecule has 0 atom stereocenters. The van der Waals surface area contributed by atoms with Gasteiger partial charge in [0.15, 0.2) is 5.75 Å². The number of nitro groups is 1. The number of nitro benzene ring substituents is 1. The molecule has 0 spiro atoms. The summed E-state index contributed by atoms with van der Waals surface area (Å²) in [6.45, 7) is 3.42. The van der Waals surface area contributed by atoms with E-state index in [1.165, 1.54) is 18.2 Å². The van der Waals surface area contributed by atoms with Gasteiger partial charge < -0.3 is 4.74 Å². The van der Waals surface area contributed by atoms with Crippen LogP contribution in [0.15, 0.2) is 29.8 Å². The fourth-order valence-corrected chi connectivity index (χ4v) is 1.13. The summed E-state index contributed by atoms with van der Waals surface area (Å²) in [5, 5.41) is 11.2. The smallest absolute Gasteiger partial charge is 0.312 e. The fraction of sp³-hybridized carbons (Fsp3) is 0.111. The Balaban J connectivity index is 2.95. The average molecular weight is 248 g/mol. The van der Waals surface area contributed by atoms with Crippen LogP contribution in [0.25, 0.3) is 0 Å². The van der Waals surface area contributed by atoms with Crippen LogP contribution >= 0.6 is 23.2 Å². The van der Waals surface area contributed by atoms with E-state index in [0.717, 1.165) is 0 Å². The highest BCUT2D eigenvalue weighted by atomic mass is 35.5. The van der Waals surface area contributed by atoms with Crippen LogP contribution in [0.2, 0.25) is 5.02 Å². The molecule has 0 saturated carbocycles. The highest BCUT2D eigenvalue weighted by molar-refractivity contribution is 6.30. The van der Waals surface area contributed by atoms with Crippen molar-refractivity contribution >= 4 is 28.9 Å². The highest BCUT2D eigenvalue weighted by Gasteiger charge is 2.15. The summed E-state index contributed by atoms with van der Waals surface area (Å²) in [6, 6.07) is 4.13. The predicted molar refractivity (Wildman–Crippen MR) is 58.6 cm³/mol. The van der Waals surface area contributed by atoms with Crippen molar-refractivity contribution < 1.29 is 9.66 Å². The van der Waals surface area contributed by atoms with E-state index in [1.807, 2.05) is 0 Å². The van der Waals surface area contributed by atoms with Crippen LogP contribution in [0.4, 0.5) is 5.69 Å². The Morgan fingerprint density at radius 2 is 2.27 bits per heavy atom. The summed E-state index contributed by atoms with van der Waals surface area (Å²) in [5.41, 5.74) is -0.194. The number of benzene rings is 1. The van der Waals surface area contributed by atoms with Crippen molar-refractivity contribution in [3.8, 4) is 5.75 Å². The quantitative estimate of drug-likeness (QED) is 0.606. The molecule has 1 aromatic rings. The molecule has 0 unspecified atom stereocenters. The lowest BCUT2D eigenvalue weighted by Crippen LogP contribution is -1.99. The van der Waals surface area contributed by atoms with E-state index in [0.29, 0.717) is 0 Å². The molecule has 0 aliphatic carbocycles. The third-order valence-corrected chi connectivity index (χ3v) is 1.85. The molecule has 0 radical (unpaired) electrons. The highest BCUT2D eigenvalue weighted by Crippen LogP contribution is 2.30. The van der Waals surface area contributed by atoms with Crippen LogP contribution in [0.5, 0.6) is 5.75 Å². The third-order valence-electron chi connectivity index (χ3n) is 1.50. The molecule has 0 aromatic heterocycles. The monoisotopic (exact) mass is 247 g/mol. The Morgan fingerprint density at radius 1 is 1.60 bits per heavy atom. The Bertz CT molecular complexity index is 406. The van der Waals surface area contributed by atoms with Crippen molar-refractivity contribution in [1.82, 2.24) is 0 Å². The van der Waals surface area contributed by atoms with Gasteiger partial charge in [-0.1, -0.05) is 29.8 Å². The van der Waals surface area contributed by atoms with E-state index in [-0.39, 0.29) is 28.1 Å². The van der Waals surface area contributed by atoms with Gasteiger partial charge in [0.2, 0.25) is 0 Å². The Morgan fingerprint density at radius 3 is 2.80 bits per heavy atom. The molecular weight excluding hydrogens is 241 g/mol. The zero-order valence-corrected chi connectivity index (χ0v) is 9.09. The van der Waals surface area contributed by atoms with Gasteiger partial charge in [0.05, 0.1) is 4.92 Å². The van der Waals surface area contributed by atoms with Crippen LogP contribution in [0, 0.1) is 10.1 Å². The van der Waals surface area contributed by atoms with Gasteiger partial charge in [0.25, 0.3) is 0 Å². The maximum Gasteiger partial charge on any atom is 0.312 e. The van der Waals surface area contributed by atoms with Crippen molar-refractivity contribution in [2.45, 2.75) is 0 Å². The summed E-state index contributed by atoms with van der Waals surface area (Å²) < 4.78 is 5.08. The first-order chi connectivity index (χ1) is 7.00. The molecule has 15 heavy (non-hydrogen) atoms. The van der Waals surface area contributed by atoms with Crippen molar-refractivity contribution in [3.63, 3.8) is 0 Å². The number of rotatable bonds is 4. The van der Waals surface area contributed by atoms with Gasteiger partial charge >= 0.3 is 5.69 Å². The van der Waals surface area contributed by atoms with Crippen molar-refractivity contribution in [1.29, 1.82) is 0 Å². The topological polar surface area (TPSA) is 52.4 Å². The molecule has 1 aromatic carbocycles. The maximum atomic E-state index is 10.6. The summed E-state index contributed by atoms with van der Waals surface area (Å²) in [7, 11) is 0. The summed E-state index contributed by atoms with van der Waals surface area (Å²) in [4.78, 5) is 10.1. The molecule has 0 amide bonds. The number of nitrogens with zero attached hydrogens (tertiary/aromatic N) is 1. The van der Waals surface area contributed by atoms with Crippen molar-refractivity contribution in [2.24, 2.45) is 0 Å². The first-order valence-electron chi connectivity index (χ1n) is 3.90. The number of hydrogen-bond acceptors (Lipinski definition) is 3. The van der Waals surface area contributed by atoms with E-state index in [1.54, 1.807) is 0 Å². The molecule has 0 bridgehead atoms. The van der Waals surface area contributed by atoms with Crippen LogP contribution in [0.1, 0.15) is 0 Å². The third kappa shape index (κ3) is 3.42. The zero-order valence-electron chi connectivity index (χ0n) is 7.57. The molecular formula is C9H7Cl2NO3. The van der Waals surface area contributed by atoms with E-state index >= 15 is 0 Å². The largest absolute Gasteiger partial charge is 0.481 e. The van der Waals surface area contributed by atoms with E-state index < -0.39 is 4.92 Å². The van der Waals surface area contributed by atoms with Gasteiger partial charge in [-0.2, -0.15) is 0 Å². The van der Waals surface area contributed by atoms with E-state index in [2.05, 4.69) is 6.58 Å². The molecule has 0 saturated heterocycles. The van der Waals surface area contributed by atoms with Gasteiger partial charge in [-0.05, 0) is 12.1 Å². The second-order valence-corrected chi connectivity index (χ2v) is 3.65. The van der Waals surface area contributed by atoms with Crippen LogP contribution in [0.3, 0.4) is 0 Å². The average Bonchev–Trinajstić information content (AvgIpc) is 2.15. The van der Waals surface area contributed by atoms with Crippen molar-refractivity contribution in [2.75, 3.05) is 6.61 Å². The second-order valence-electron chi connectivity index (χ2n) is 2.68. The molecule has 1 rings (SSSR count). The molecule has 0 aliphatic rings. The lowest BCUT2D eigenvalue weighted by atomic mass is 10.3. The predicted octanol–water partition coefficient (Wildman–Crippen LogP) is 3.38. The number of ether oxygens (including phenoxy) is 1. The minimum Gasteiger partial charge on any atom is -0.481 e. The van der Waals surface area contributed by atoms with Gasteiger partial charge in [0.1, 0.15) is 6.61 Å². The number of halogens is 2. The lowest BCUT2D eigenvalue weighted by molar-refractivity contribution is -0.385. The normalized spacial score (nSPS) is 9.73. The van der Waals surface area contributed by atoms with Gasteiger partial charge in [-0.25, -0.2) is 0 Å². The molecule has 0 N–H and O–H groups in total. The van der Waals surface area contributed by atoms with Crippen LogP contribution < -0.4 is 4.74 Å². The lowest BCUT2D eigenvalue weighted by Gasteiger charge is -2.05. The minimum absolute atomic E-state index is 0.0179. The molecule has 80 valence electrons. The summed E-state index contributed by atoms with van der Waals surface area (Å²) >= 11 is 11.1. The first kappa shape index (κ1) is 11.8. The van der Waals surface area contributed by atoms with Gasteiger partial charge in [-0.15, -0.1) is 0 Å². The Kier molecular flexibility index (Phi) is 3.94. The van der Waals surface area contributed by atoms with Crippen LogP contribution in [-0.4, -0.2) is 11.5 Å². The SMILES string of the molecule is C=C(Cl)COc1ccc(Cl)cc1[N+](=O)[O-]. The first-order valence-corrected chi connectivity index (χ1v) is 4.66. The maximum absolute atomic E-state index is 10.6. The molecule has 6 heteroatoms. The van der Waals surface area contributed by atoms with E-state index in [4.69, 9.17) is 27.9 Å². The fourth-order valence-electron chi connectivity index (χ4n) is 0.911. The van der Waals surface area contributed by atoms with Crippen molar-refractivity contribution in [3.05, 3.63) is 44.9 Å².